The third-order valence-corrected chi connectivity index (χ3v) is 4.34. The van der Waals surface area contributed by atoms with Crippen LogP contribution >= 0.6 is 0 Å². The minimum atomic E-state index is -1.28. The number of ether oxygens (including phenoxy) is 2. The summed E-state index contributed by atoms with van der Waals surface area (Å²) in [7, 11) is 1.88. The lowest BCUT2D eigenvalue weighted by molar-refractivity contribution is -0.174. The standard InChI is InChI=1S/C19H23NO4/c1-18(2,3)24-17(22)19-12-20(4)11-16(19)23-14(10-15(19)21)13-8-6-5-7-9-13/h5-10,16H,11-12H2,1-4H3/t16-,19+/m0/s1. The lowest BCUT2D eigenvalue weighted by Crippen LogP contribution is -2.53. The van der Waals surface area contributed by atoms with Gasteiger partial charge in [0.25, 0.3) is 0 Å². The highest BCUT2D eigenvalue weighted by Crippen LogP contribution is 2.42. The molecule has 0 bridgehead atoms. The van der Waals surface area contributed by atoms with E-state index in [9.17, 15) is 9.59 Å². The highest BCUT2D eigenvalue weighted by Gasteiger charge is 2.61. The smallest absolute Gasteiger partial charge is 0.325 e. The predicted octanol–water partition coefficient (Wildman–Crippen LogP) is 2.27. The van der Waals surface area contributed by atoms with E-state index in [0.29, 0.717) is 18.8 Å². The molecule has 0 aliphatic carbocycles. The summed E-state index contributed by atoms with van der Waals surface area (Å²) in [6.07, 6.45) is 0.902. The predicted molar refractivity (Wildman–Crippen MR) is 90.1 cm³/mol. The first-order valence-corrected chi connectivity index (χ1v) is 8.12. The lowest BCUT2D eigenvalue weighted by atomic mass is 9.78. The number of hydrogen-bond donors (Lipinski definition) is 0. The number of nitrogens with zero attached hydrogens (tertiary/aromatic N) is 1. The Morgan fingerprint density at radius 3 is 2.58 bits per heavy atom. The molecule has 0 aromatic heterocycles. The molecule has 5 nitrogen and oxygen atoms in total. The third-order valence-electron chi connectivity index (χ3n) is 4.34. The van der Waals surface area contributed by atoms with E-state index in [0.717, 1.165) is 5.56 Å². The maximum atomic E-state index is 13.0. The van der Waals surface area contributed by atoms with E-state index >= 15 is 0 Å². The highest BCUT2D eigenvalue weighted by molar-refractivity contribution is 6.14. The Morgan fingerprint density at radius 1 is 1.29 bits per heavy atom. The Morgan fingerprint density at radius 2 is 1.96 bits per heavy atom. The number of likely N-dealkylation sites (N-methyl/N-ethyl adjacent to an activating group) is 1. The summed E-state index contributed by atoms with van der Waals surface area (Å²) in [5, 5.41) is 0. The number of carbonyl (C=O) groups excluding carboxylic acids is 2. The van der Waals surface area contributed by atoms with Gasteiger partial charge in [-0.3, -0.25) is 9.59 Å². The van der Waals surface area contributed by atoms with Gasteiger partial charge in [0.05, 0.1) is 0 Å². The van der Waals surface area contributed by atoms with E-state index in [-0.39, 0.29) is 5.78 Å². The molecule has 24 heavy (non-hydrogen) atoms. The molecule has 0 N–H and O–H groups in total. The Bertz CT molecular complexity index is 689. The van der Waals surface area contributed by atoms with E-state index in [1.807, 2.05) is 42.3 Å². The number of rotatable bonds is 2. The van der Waals surface area contributed by atoms with Crippen molar-refractivity contribution >= 4 is 17.5 Å². The Labute approximate surface area is 142 Å². The van der Waals surface area contributed by atoms with Crippen LogP contribution in [0.3, 0.4) is 0 Å². The Balaban J connectivity index is 1.98. The summed E-state index contributed by atoms with van der Waals surface area (Å²) in [4.78, 5) is 27.7. The number of likely N-dealkylation sites (tertiary alicyclic amines) is 1. The number of fused-ring (bicyclic) bond motifs is 1. The van der Waals surface area contributed by atoms with Crippen LogP contribution in [-0.4, -0.2) is 48.5 Å². The zero-order valence-electron chi connectivity index (χ0n) is 14.5. The van der Waals surface area contributed by atoms with Gasteiger partial charge in [0.2, 0.25) is 0 Å². The summed E-state index contributed by atoms with van der Waals surface area (Å²) in [5.74, 6) is -0.228. The molecular weight excluding hydrogens is 306 g/mol. The fourth-order valence-corrected chi connectivity index (χ4v) is 3.26. The van der Waals surface area contributed by atoms with Crippen molar-refractivity contribution in [2.24, 2.45) is 5.41 Å². The molecule has 5 heteroatoms. The van der Waals surface area contributed by atoms with E-state index in [4.69, 9.17) is 9.47 Å². The minimum absolute atomic E-state index is 0.240. The number of allylic oxidation sites excluding steroid dienone is 1. The van der Waals surface area contributed by atoms with Crippen molar-refractivity contribution < 1.29 is 19.1 Å². The van der Waals surface area contributed by atoms with Crippen LogP contribution in [0.2, 0.25) is 0 Å². The largest absolute Gasteiger partial charge is 0.487 e. The monoisotopic (exact) mass is 329 g/mol. The summed E-state index contributed by atoms with van der Waals surface area (Å²) in [5.41, 5.74) is -1.10. The number of hydrogen-bond acceptors (Lipinski definition) is 5. The van der Waals surface area contributed by atoms with Crippen LogP contribution in [0.5, 0.6) is 0 Å². The summed E-state index contributed by atoms with van der Waals surface area (Å²) in [6, 6.07) is 9.46. The van der Waals surface area contributed by atoms with Crippen molar-refractivity contribution in [2.45, 2.75) is 32.5 Å². The minimum Gasteiger partial charge on any atom is -0.487 e. The molecule has 2 aliphatic heterocycles. The summed E-state index contributed by atoms with van der Waals surface area (Å²) in [6.45, 7) is 6.22. The van der Waals surface area contributed by atoms with Crippen molar-refractivity contribution in [2.75, 3.05) is 20.1 Å². The average Bonchev–Trinajstić information content (AvgIpc) is 2.84. The molecule has 2 heterocycles. The van der Waals surface area contributed by atoms with Gasteiger partial charge in [-0.1, -0.05) is 30.3 Å². The molecule has 0 amide bonds. The molecule has 2 aliphatic rings. The molecule has 0 saturated carbocycles. The van der Waals surface area contributed by atoms with E-state index in [2.05, 4.69) is 0 Å². The normalized spacial score (nSPS) is 27.2. The number of benzene rings is 1. The van der Waals surface area contributed by atoms with Gasteiger partial charge >= 0.3 is 5.97 Å². The lowest BCUT2D eigenvalue weighted by Gasteiger charge is -2.36. The first kappa shape index (κ1) is 16.7. The molecular formula is C19H23NO4. The van der Waals surface area contributed by atoms with Crippen molar-refractivity contribution in [1.29, 1.82) is 0 Å². The van der Waals surface area contributed by atoms with Crippen LogP contribution < -0.4 is 0 Å². The van der Waals surface area contributed by atoms with Crippen molar-refractivity contribution in [3.05, 3.63) is 42.0 Å². The number of carbonyl (C=O) groups is 2. The molecule has 1 aromatic carbocycles. The van der Waals surface area contributed by atoms with Crippen LogP contribution in [0.1, 0.15) is 26.3 Å². The first-order chi connectivity index (χ1) is 11.2. The molecule has 2 atom stereocenters. The second-order valence-corrected chi connectivity index (χ2v) is 7.52. The SMILES string of the molecule is CN1C[C@@H]2OC(c3ccccc3)=CC(=O)[C@]2(C(=O)OC(C)(C)C)C1. The van der Waals surface area contributed by atoms with Crippen molar-refractivity contribution in [3.8, 4) is 0 Å². The van der Waals surface area contributed by atoms with Crippen LogP contribution in [-0.2, 0) is 19.1 Å². The quantitative estimate of drug-likeness (QED) is 0.615. The molecule has 0 spiro atoms. The second-order valence-electron chi connectivity index (χ2n) is 7.52. The van der Waals surface area contributed by atoms with Crippen LogP contribution in [0.15, 0.2) is 36.4 Å². The molecule has 1 aromatic rings. The van der Waals surface area contributed by atoms with Crippen LogP contribution in [0.25, 0.3) is 5.76 Å². The third kappa shape index (κ3) is 2.84. The van der Waals surface area contributed by atoms with Gasteiger partial charge in [-0.2, -0.15) is 0 Å². The fraction of sp³-hybridized carbons (Fsp3) is 0.474. The molecule has 3 rings (SSSR count). The zero-order valence-corrected chi connectivity index (χ0v) is 14.5. The van der Waals surface area contributed by atoms with E-state index in [1.165, 1.54) is 6.08 Å². The van der Waals surface area contributed by atoms with Crippen molar-refractivity contribution in [3.63, 3.8) is 0 Å². The summed E-state index contributed by atoms with van der Waals surface area (Å²) >= 11 is 0. The molecule has 0 radical (unpaired) electrons. The maximum Gasteiger partial charge on any atom is 0.325 e. The van der Waals surface area contributed by atoms with E-state index in [1.54, 1.807) is 20.8 Å². The van der Waals surface area contributed by atoms with Gasteiger partial charge < -0.3 is 14.4 Å². The van der Waals surface area contributed by atoms with Gasteiger partial charge in [0.15, 0.2) is 11.2 Å². The topological polar surface area (TPSA) is 55.8 Å². The first-order valence-electron chi connectivity index (χ1n) is 8.12. The maximum absolute atomic E-state index is 13.0. The second kappa shape index (κ2) is 5.74. The van der Waals surface area contributed by atoms with Crippen molar-refractivity contribution in [1.82, 2.24) is 4.90 Å². The summed E-state index contributed by atoms with van der Waals surface area (Å²) < 4.78 is 11.6. The van der Waals surface area contributed by atoms with Crippen LogP contribution in [0, 0.1) is 5.41 Å². The Kier molecular flexibility index (Phi) is 4.00. The molecule has 1 saturated heterocycles. The number of esters is 1. The van der Waals surface area contributed by atoms with Gasteiger partial charge in [-0.25, -0.2) is 0 Å². The molecule has 128 valence electrons. The van der Waals surface area contributed by atoms with E-state index < -0.39 is 23.1 Å². The number of ketones is 1. The fourth-order valence-electron chi connectivity index (χ4n) is 3.26. The average molecular weight is 329 g/mol. The molecule has 0 unspecified atom stereocenters. The zero-order chi connectivity index (χ0) is 17.5. The van der Waals surface area contributed by atoms with Crippen LogP contribution in [0.4, 0.5) is 0 Å². The highest BCUT2D eigenvalue weighted by atomic mass is 16.6. The van der Waals surface area contributed by atoms with Gasteiger partial charge in [-0.15, -0.1) is 0 Å². The molecule has 1 fully saturated rings. The van der Waals surface area contributed by atoms with Gasteiger partial charge in [-0.05, 0) is 27.8 Å². The Hall–Kier alpha value is -2.14. The van der Waals surface area contributed by atoms with Gasteiger partial charge in [0.1, 0.15) is 17.5 Å². The van der Waals surface area contributed by atoms with Gasteiger partial charge in [0, 0.05) is 24.7 Å².